The summed E-state index contributed by atoms with van der Waals surface area (Å²) in [6.45, 7) is 2.45. The molecule has 4 aromatic rings. The van der Waals surface area contributed by atoms with Crippen molar-refractivity contribution in [1.29, 1.82) is 0 Å². The second kappa shape index (κ2) is 8.79. The van der Waals surface area contributed by atoms with Crippen molar-refractivity contribution in [3.63, 3.8) is 0 Å². The molecular formula is C23H20N2O4S2. The Morgan fingerprint density at radius 3 is 2.32 bits per heavy atom. The Labute approximate surface area is 184 Å². The van der Waals surface area contributed by atoms with Crippen LogP contribution in [0.5, 0.6) is 5.75 Å². The summed E-state index contributed by atoms with van der Waals surface area (Å²) in [6.07, 6.45) is 0. The Morgan fingerprint density at radius 1 is 0.968 bits per heavy atom. The van der Waals surface area contributed by atoms with Gasteiger partial charge in [-0.15, -0.1) is 11.3 Å². The lowest BCUT2D eigenvalue weighted by Crippen LogP contribution is -2.18. The van der Waals surface area contributed by atoms with E-state index in [2.05, 4.69) is 10.0 Å². The first-order valence-electron chi connectivity index (χ1n) is 9.59. The van der Waals surface area contributed by atoms with E-state index in [1.54, 1.807) is 47.8 Å². The number of hydrogen-bond acceptors (Lipinski definition) is 5. The van der Waals surface area contributed by atoms with Crippen molar-refractivity contribution in [3.8, 4) is 5.75 Å². The van der Waals surface area contributed by atoms with Crippen molar-refractivity contribution in [2.75, 3.05) is 16.6 Å². The predicted octanol–water partition coefficient (Wildman–Crippen LogP) is 5.35. The zero-order valence-electron chi connectivity index (χ0n) is 16.7. The summed E-state index contributed by atoms with van der Waals surface area (Å²) in [5.41, 5.74) is 1.02. The van der Waals surface area contributed by atoms with Crippen molar-refractivity contribution in [1.82, 2.24) is 0 Å². The quantitative estimate of drug-likeness (QED) is 0.396. The number of rotatable bonds is 7. The lowest BCUT2D eigenvalue weighted by Gasteiger charge is -2.14. The number of benzene rings is 3. The molecule has 158 valence electrons. The smallest absolute Gasteiger partial charge is 0.271 e. The summed E-state index contributed by atoms with van der Waals surface area (Å²) in [6, 6.07) is 21.0. The highest BCUT2D eigenvalue weighted by molar-refractivity contribution is 7.94. The van der Waals surface area contributed by atoms with Gasteiger partial charge in [-0.3, -0.25) is 9.52 Å². The first-order valence-corrected chi connectivity index (χ1v) is 12.0. The van der Waals surface area contributed by atoms with Crippen LogP contribution in [0.25, 0.3) is 10.8 Å². The van der Waals surface area contributed by atoms with Gasteiger partial charge >= 0.3 is 0 Å². The number of fused-ring (bicyclic) bond motifs is 1. The number of anilines is 2. The average Bonchev–Trinajstić information content (AvgIpc) is 3.31. The molecule has 0 aliphatic rings. The van der Waals surface area contributed by atoms with Crippen LogP contribution in [0.4, 0.5) is 11.4 Å². The second-order valence-electron chi connectivity index (χ2n) is 6.69. The molecule has 0 bridgehead atoms. The summed E-state index contributed by atoms with van der Waals surface area (Å²) in [4.78, 5) is 13.1. The monoisotopic (exact) mass is 452 g/mol. The van der Waals surface area contributed by atoms with Gasteiger partial charge in [-0.25, -0.2) is 8.42 Å². The third kappa shape index (κ3) is 4.70. The number of carbonyl (C=O) groups is 1. The van der Waals surface area contributed by atoms with E-state index in [-0.39, 0.29) is 15.5 Å². The van der Waals surface area contributed by atoms with E-state index in [9.17, 15) is 13.2 Å². The van der Waals surface area contributed by atoms with Crippen LogP contribution in [0, 0.1) is 0 Å². The Hall–Kier alpha value is -3.36. The molecule has 0 radical (unpaired) electrons. The van der Waals surface area contributed by atoms with E-state index < -0.39 is 15.9 Å². The van der Waals surface area contributed by atoms with Crippen LogP contribution in [0.2, 0.25) is 0 Å². The van der Waals surface area contributed by atoms with Crippen molar-refractivity contribution >= 4 is 49.4 Å². The molecular weight excluding hydrogens is 432 g/mol. The fourth-order valence-electron chi connectivity index (χ4n) is 3.12. The lowest BCUT2D eigenvalue weighted by molar-refractivity contribution is 0.102. The number of sulfonamides is 1. The number of nitrogens with one attached hydrogen (secondary N) is 2. The second-order valence-corrected chi connectivity index (χ2v) is 9.55. The minimum Gasteiger partial charge on any atom is -0.494 e. The van der Waals surface area contributed by atoms with Crippen molar-refractivity contribution < 1.29 is 17.9 Å². The van der Waals surface area contributed by atoms with Gasteiger partial charge in [-0.2, -0.15) is 0 Å². The van der Waals surface area contributed by atoms with Crippen LogP contribution in [0.3, 0.4) is 0 Å². The maximum Gasteiger partial charge on any atom is 0.271 e. The molecule has 0 spiro atoms. The molecule has 1 amide bonds. The molecule has 4 rings (SSSR count). The van der Waals surface area contributed by atoms with E-state index in [1.165, 1.54) is 6.07 Å². The molecule has 0 fully saturated rings. The van der Waals surface area contributed by atoms with E-state index >= 15 is 0 Å². The molecule has 1 aromatic heterocycles. The summed E-state index contributed by atoms with van der Waals surface area (Å²) in [5.74, 6) is 0.286. The molecule has 8 heteroatoms. The van der Waals surface area contributed by atoms with Gasteiger partial charge in [0.15, 0.2) is 0 Å². The molecule has 0 atom stereocenters. The van der Waals surface area contributed by atoms with Crippen LogP contribution >= 0.6 is 11.3 Å². The maximum absolute atomic E-state index is 13.1. The highest BCUT2D eigenvalue weighted by atomic mass is 32.2. The zero-order valence-corrected chi connectivity index (χ0v) is 18.3. The Morgan fingerprint density at radius 2 is 1.68 bits per heavy atom. The summed E-state index contributed by atoms with van der Waals surface area (Å²) < 4.78 is 33.7. The first-order chi connectivity index (χ1) is 15.0. The standard InChI is InChI=1S/C23H20N2O4S2/c1-2-29-19-11-9-18(10-12-19)24-23(26)20-14-16-6-3-4-7-17(16)15-21(20)25-31(27,28)22-8-5-13-30-22/h3-15,25H,2H2,1H3,(H,24,26). The highest BCUT2D eigenvalue weighted by Crippen LogP contribution is 2.28. The minimum atomic E-state index is -3.81. The van der Waals surface area contributed by atoms with E-state index in [0.29, 0.717) is 18.0 Å². The average molecular weight is 453 g/mol. The highest BCUT2D eigenvalue weighted by Gasteiger charge is 2.20. The summed E-state index contributed by atoms with van der Waals surface area (Å²) in [5, 5.41) is 6.17. The van der Waals surface area contributed by atoms with E-state index in [4.69, 9.17) is 4.74 Å². The number of amides is 1. The van der Waals surface area contributed by atoms with Gasteiger partial charge in [0, 0.05) is 5.69 Å². The molecule has 3 aromatic carbocycles. The molecule has 0 aliphatic heterocycles. The topological polar surface area (TPSA) is 84.5 Å². The fourth-order valence-corrected chi connectivity index (χ4v) is 5.19. The predicted molar refractivity (Wildman–Crippen MR) is 125 cm³/mol. The Bertz CT molecular complexity index is 1320. The van der Waals surface area contributed by atoms with Crippen LogP contribution < -0.4 is 14.8 Å². The van der Waals surface area contributed by atoms with Gasteiger partial charge in [0.2, 0.25) is 0 Å². The van der Waals surface area contributed by atoms with Gasteiger partial charge in [-0.1, -0.05) is 30.3 Å². The van der Waals surface area contributed by atoms with Crippen molar-refractivity contribution in [3.05, 3.63) is 83.7 Å². The number of ether oxygens (including phenoxy) is 1. The van der Waals surface area contributed by atoms with E-state index in [0.717, 1.165) is 22.1 Å². The molecule has 2 N–H and O–H groups in total. The van der Waals surface area contributed by atoms with Crippen molar-refractivity contribution in [2.45, 2.75) is 11.1 Å². The van der Waals surface area contributed by atoms with Gasteiger partial charge in [0.25, 0.3) is 15.9 Å². The molecule has 0 unspecified atom stereocenters. The normalized spacial score (nSPS) is 11.3. The fraction of sp³-hybridized carbons (Fsp3) is 0.0870. The van der Waals surface area contributed by atoms with Crippen LogP contribution in [0.15, 0.2) is 82.4 Å². The van der Waals surface area contributed by atoms with Crippen molar-refractivity contribution in [2.24, 2.45) is 0 Å². The zero-order chi connectivity index (χ0) is 21.8. The number of hydrogen-bond donors (Lipinski definition) is 2. The van der Waals surface area contributed by atoms with Crippen LogP contribution in [-0.2, 0) is 10.0 Å². The van der Waals surface area contributed by atoms with Gasteiger partial charge in [0.1, 0.15) is 9.96 Å². The third-order valence-electron chi connectivity index (χ3n) is 4.56. The summed E-state index contributed by atoms with van der Waals surface area (Å²) >= 11 is 1.11. The van der Waals surface area contributed by atoms with Gasteiger partial charge in [0.05, 0.1) is 17.9 Å². The Kier molecular flexibility index (Phi) is 5.92. The van der Waals surface area contributed by atoms with Gasteiger partial charge in [-0.05, 0) is 65.5 Å². The largest absolute Gasteiger partial charge is 0.494 e. The number of carbonyl (C=O) groups excluding carboxylic acids is 1. The molecule has 0 aliphatic carbocycles. The summed E-state index contributed by atoms with van der Waals surface area (Å²) in [7, 11) is -3.81. The number of thiophene rings is 1. The maximum atomic E-state index is 13.1. The minimum absolute atomic E-state index is 0.179. The lowest BCUT2D eigenvalue weighted by atomic mass is 10.0. The molecule has 1 heterocycles. The molecule has 0 saturated carbocycles. The van der Waals surface area contributed by atoms with Gasteiger partial charge < -0.3 is 10.1 Å². The van der Waals surface area contributed by atoms with Crippen LogP contribution in [-0.4, -0.2) is 20.9 Å². The van der Waals surface area contributed by atoms with E-state index in [1.807, 2.05) is 31.2 Å². The molecule has 6 nitrogen and oxygen atoms in total. The third-order valence-corrected chi connectivity index (χ3v) is 7.32. The SMILES string of the molecule is CCOc1ccc(NC(=O)c2cc3ccccc3cc2NS(=O)(=O)c2cccs2)cc1. The Balaban J connectivity index is 1.69. The first kappa shape index (κ1) is 20.9. The molecule has 0 saturated heterocycles. The molecule has 31 heavy (non-hydrogen) atoms. The van der Waals surface area contributed by atoms with Crippen LogP contribution in [0.1, 0.15) is 17.3 Å².